The van der Waals surface area contributed by atoms with Crippen LogP contribution in [0.1, 0.15) is 38.7 Å². The van der Waals surface area contributed by atoms with Crippen LogP contribution in [-0.2, 0) is 9.59 Å². The number of carbonyl (C=O) groups is 2. The van der Waals surface area contributed by atoms with Gasteiger partial charge in [-0.2, -0.15) is 0 Å². The summed E-state index contributed by atoms with van der Waals surface area (Å²) in [6.07, 6.45) is 2.75. The molecular formula is C16H26N2O2. The minimum Gasteiger partial charge on any atom is -0.328 e. The lowest BCUT2D eigenvalue weighted by molar-refractivity contribution is -0.118. The minimum atomic E-state index is 0.0780. The summed E-state index contributed by atoms with van der Waals surface area (Å²) in [5.41, 5.74) is 7.72. The fourth-order valence-electron chi connectivity index (χ4n) is 1.59. The Hall–Kier alpha value is -1.68. The van der Waals surface area contributed by atoms with E-state index in [1.807, 2.05) is 52.1 Å². The van der Waals surface area contributed by atoms with Gasteiger partial charge in [0.05, 0.1) is 0 Å². The fourth-order valence-corrected chi connectivity index (χ4v) is 1.59. The number of hydrogen-bond acceptors (Lipinski definition) is 3. The Morgan fingerprint density at radius 3 is 2.40 bits per heavy atom. The molecule has 4 heteroatoms. The first-order chi connectivity index (χ1) is 9.43. The number of aryl methyl sites for hydroxylation is 1. The number of benzene rings is 1. The third kappa shape index (κ3) is 7.04. The normalized spacial score (nSPS) is 11.1. The molecule has 4 nitrogen and oxygen atoms in total. The van der Waals surface area contributed by atoms with Gasteiger partial charge in [0.25, 0.3) is 0 Å². The molecule has 0 saturated heterocycles. The van der Waals surface area contributed by atoms with Crippen molar-refractivity contribution in [1.29, 1.82) is 0 Å². The summed E-state index contributed by atoms with van der Waals surface area (Å²) >= 11 is 0. The predicted molar refractivity (Wildman–Crippen MR) is 83.8 cm³/mol. The molecule has 1 unspecified atom stereocenters. The Kier molecular flexibility index (Phi) is 9.30. The van der Waals surface area contributed by atoms with Crippen LogP contribution < -0.4 is 10.6 Å². The van der Waals surface area contributed by atoms with Crippen LogP contribution in [0.15, 0.2) is 24.3 Å². The topological polar surface area (TPSA) is 63.4 Å². The maximum atomic E-state index is 11.9. The predicted octanol–water partition coefficient (Wildman–Crippen LogP) is 2.68. The molecule has 1 atom stereocenters. The van der Waals surface area contributed by atoms with E-state index in [1.54, 1.807) is 4.90 Å². The summed E-state index contributed by atoms with van der Waals surface area (Å²) in [5.74, 6) is 0.117. The summed E-state index contributed by atoms with van der Waals surface area (Å²) in [6, 6.07) is 7.95. The van der Waals surface area contributed by atoms with Gasteiger partial charge in [-0.15, -0.1) is 0 Å². The molecule has 0 heterocycles. The molecule has 0 radical (unpaired) electrons. The molecular weight excluding hydrogens is 252 g/mol. The number of anilines is 1. The second-order valence-electron chi connectivity index (χ2n) is 4.83. The lowest BCUT2D eigenvalue weighted by atomic mass is 10.1. The maximum Gasteiger partial charge on any atom is 0.226 e. The van der Waals surface area contributed by atoms with E-state index in [1.165, 1.54) is 0 Å². The van der Waals surface area contributed by atoms with Gasteiger partial charge in [-0.1, -0.05) is 25.1 Å². The van der Waals surface area contributed by atoms with Crippen molar-refractivity contribution in [3.05, 3.63) is 29.8 Å². The van der Waals surface area contributed by atoms with Gasteiger partial charge in [0.1, 0.15) is 6.29 Å². The Bertz CT molecular complexity index is 417. The molecule has 1 amide bonds. The molecule has 1 rings (SSSR count). The van der Waals surface area contributed by atoms with E-state index >= 15 is 0 Å². The zero-order valence-corrected chi connectivity index (χ0v) is 12.9. The van der Waals surface area contributed by atoms with Crippen LogP contribution in [-0.4, -0.2) is 25.3 Å². The van der Waals surface area contributed by atoms with Crippen molar-refractivity contribution in [3.63, 3.8) is 0 Å². The van der Waals surface area contributed by atoms with E-state index in [-0.39, 0.29) is 11.9 Å². The highest BCUT2D eigenvalue weighted by Gasteiger charge is 2.12. The van der Waals surface area contributed by atoms with Crippen molar-refractivity contribution in [2.45, 2.75) is 46.1 Å². The third-order valence-electron chi connectivity index (χ3n) is 2.83. The Morgan fingerprint density at radius 2 is 1.95 bits per heavy atom. The van der Waals surface area contributed by atoms with Crippen molar-refractivity contribution < 1.29 is 9.59 Å². The Balaban J connectivity index is 0.000000796. The van der Waals surface area contributed by atoms with Gasteiger partial charge in [0.15, 0.2) is 0 Å². The van der Waals surface area contributed by atoms with E-state index < -0.39 is 0 Å². The van der Waals surface area contributed by atoms with Gasteiger partial charge in [0.2, 0.25) is 5.91 Å². The van der Waals surface area contributed by atoms with Crippen LogP contribution >= 0.6 is 0 Å². The fraction of sp³-hybridized carbons (Fsp3) is 0.500. The molecule has 0 aliphatic carbocycles. The van der Waals surface area contributed by atoms with Gasteiger partial charge in [0, 0.05) is 31.6 Å². The molecule has 1 aromatic carbocycles. The van der Waals surface area contributed by atoms with Crippen LogP contribution in [0.3, 0.4) is 0 Å². The average Bonchev–Trinajstić information content (AvgIpc) is 2.44. The first kappa shape index (κ1) is 18.3. The van der Waals surface area contributed by atoms with E-state index in [0.717, 1.165) is 24.0 Å². The first-order valence-electron chi connectivity index (χ1n) is 6.95. The minimum absolute atomic E-state index is 0.0780. The highest BCUT2D eigenvalue weighted by molar-refractivity contribution is 5.93. The van der Waals surface area contributed by atoms with Crippen LogP contribution in [0.2, 0.25) is 0 Å². The average molecular weight is 278 g/mol. The van der Waals surface area contributed by atoms with Gasteiger partial charge in [-0.3, -0.25) is 4.79 Å². The maximum absolute atomic E-state index is 11.9. The Morgan fingerprint density at radius 1 is 1.40 bits per heavy atom. The van der Waals surface area contributed by atoms with E-state index in [0.29, 0.717) is 12.8 Å². The largest absolute Gasteiger partial charge is 0.328 e. The quantitative estimate of drug-likeness (QED) is 0.842. The highest BCUT2D eigenvalue weighted by atomic mass is 16.2. The summed E-state index contributed by atoms with van der Waals surface area (Å²) in [7, 11) is 1.81. The first-order valence-corrected chi connectivity index (χ1v) is 6.95. The number of nitrogens with two attached hydrogens (primary N) is 1. The molecule has 0 aromatic heterocycles. The van der Waals surface area contributed by atoms with Crippen LogP contribution in [0.5, 0.6) is 0 Å². The SMILES string of the molecule is CCC=O.Cc1ccccc1N(C)C(=O)CCC(C)N. The second-order valence-corrected chi connectivity index (χ2v) is 4.83. The molecule has 20 heavy (non-hydrogen) atoms. The van der Waals surface area contributed by atoms with Crippen LogP contribution in [0.25, 0.3) is 0 Å². The van der Waals surface area contributed by atoms with Crippen molar-refractivity contribution in [2.75, 3.05) is 11.9 Å². The van der Waals surface area contributed by atoms with Crippen molar-refractivity contribution in [2.24, 2.45) is 5.73 Å². The second kappa shape index (κ2) is 10.1. The number of para-hydroxylation sites is 1. The zero-order chi connectivity index (χ0) is 15.5. The van der Waals surface area contributed by atoms with Crippen LogP contribution in [0.4, 0.5) is 5.69 Å². The van der Waals surface area contributed by atoms with Crippen molar-refractivity contribution in [1.82, 2.24) is 0 Å². The molecule has 112 valence electrons. The molecule has 0 spiro atoms. The van der Waals surface area contributed by atoms with Crippen molar-refractivity contribution >= 4 is 17.9 Å². The molecule has 0 aliphatic heterocycles. The number of carbonyl (C=O) groups excluding carboxylic acids is 2. The number of hydrogen-bond donors (Lipinski definition) is 1. The molecule has 2 N–H and O–H groups in total. The summed E-state index contributed by atoms with van der Waals surface area (Å²) in [4.78, 5) is 22.8. The lowest BCUT2D eigenvalue weighted by Gasteiger charge is -2.19. The van der Waals surface area contributed by atoms with Crippen molar-refractivity contribution in [3.8, 4) is 0 Å². The number of rotatable bonds is 5. The van der Waals surface area contributed by atoms with Gasteiger partial charge in [-0.05, 0) is 31.9 Å². The molecule has 1 aromatic rings. The van der Waals surface area contributed by atoms with Gasteiger partial charge >= 0.3 is 0 Å². The van der Waals surface area contributed by atoms with Crippen LogP contribution in [0, 0.1) is 6.92 Å². The smallest absolute Gasteiger partial charge is 0.226 e. The third-order valence-corrected chi connectivity index (χ3v) is 2.83. The lowest BCUT2D eigenvalue weighted by Crippen LogP contribution is -2.28. The molecule has 0 aliphatic rings. The Labute approximate surface area is 122 Å². The van der Waals surface area contributed by atoms with Gasteiger partial charge in [-0.25, -0.2) is 0 Å². The number of nitrogens with zero attached hydrogens (tertiary/aromatic N) is 1. The summed E-state index contributed by atoms with van der Waals surface area (Å²) in [6.45, 7) is 5.73. The highest BCUT2D eigenvalue weighted by Crippen LogP contribution is 2.18. The zero-order valence-electron chi connectivity index (χ0n) is 12.9. The van der Waals surface area contributed by atoms with E-state index in [4.69, 9.17) is 5.73 Å². The monoisotopic (exact) mass is 278 g/mol. The van der Waals surface area contributed by atoms with Gasteiger partial charge < -0.3 is 15.4 Å². The summed E-state index contributed by atoms with van der Waals surface area (Å²) < 4.78 is 0. The summed E-state index contributed by atoms with van der Waals surface area (Å²) in [5, 5.41) is 0. The number of aldehydes is 1. The molecule has 0 saturated carbocycles. The molecule has 0 bridgehead atoms. The van der Waals surface area contributed by atoms with E-state index in [2.05, 4.69) is 0 Å². The standard InChI is InChI=1S/C13H20N2O.C3H6O/c1-10-6-4-5-7-12(10)15(3)13(16)9-8-11(2)14;1-2-3-4/h4-7,11H,8-9,14H2,1-3H3;3H,2H2,1H3. The molecule has 0 fully saturated rings. The number of amides is 1. The van der Waals surface area contributed by atoms with E-state index in [9.17, 15) is 9.59 Å².